The molecule has 0 spiro atoms. The summed E-state index contributed by atoms with van der Waals surface area (Å²) in [5.74, 6) is 0. The molecule has 4 N–H and O–H groups in total. The van der Waals surface area contributed by atoms with Gasteiger partial charge in [-0.15, -0.1) is 0 Å². The van der Waals surface area contributed by atoms with E-state index in [2.05, 4.69) is 9.44 Å². The Morgan fingerprint density at radius 1 is 1.21 bits per heavy atom. The topological polar surface area (TPSA) is 84.2 Å². The van der Waals surface area contributed by atoms with E-state index in [0.29, 0.717) is 0 Å². The summed E-state index contributed by atoms with van der Waals surface area (Å²) >= 11 is 0. The van der Waals surface area contributed by atoms with Gasteiger partial charge in [0.15, 0.2) is 0 Å². The van der Waals surface area contributed by atoms with E-state index in [9.17, 15) is 8.42 Å². The highest BCUT2D eigenvalue weighted by molar-refractivity contribution is 7.87. The highest BCUT2D eigenvalue weighted by Crippen LogP contribution is 2.07. The third kappa shape index (κ3) is 4.90. The van der Waals surface area contributed by atoms with Crippen LogP contribution in [0.15, 0.2) is 0 Å². The Bertz CT molecular complexity index is 270. The zero-order valence-electron chi connectivity index (χ0n) is 9.46. The molecule has 0 bridgehead atoms. The third-order valence-corrected chi connectivity index (χ3v) is 3.50. The van der Waals surface area contributed by atoms with E-state index < -0.39 is 15.7 Å². The van der Waals surface area contributed by atoms with Crippen LogP contribution in [-0.2, 0) is 10.2 Å². The maximum atomic E-state index is 11.5. The fourth-order valence-electron chi connectivity index (χ4n) is 0.779. The molecule has 1 atom stereocenters. The van der Waals surface area contributed by atoms with Crippen molar-refractivity contribution >= 4 is 10.2 Å². The minimum Gasteiger partial charge on any atom is -0.326 e. The van der Waals surface area contributed by atoms with Gasteiger partial charge in [-0.2, -0.15) is 17.9 Å². The van der Waals surface area contributed by atoms with E-state index in [4.69, 9.17) is 5.73 Å². The van der Waals surface area contributed by atoms with Crippen molar-refractivity contribution in [1.82, 2.24) is 9.44 Å². The molecular formula is C8H21N3O2S. The van der Waals surface area contributed by atoms with Crippen molar-refractivity contribution in [3.8, 4) is 0 Å². The van der Waals surface area contributed by atoms with Crippen LogP contribution in [0.25, 0.3) is 0 Å². The molecule has 0 heterocycles. The first-order valence-electron chi connectivity index (χ1n) is 4.63. The van der Waals surface area contributed by atoms with E-state index in [1.54, 1.807) is 34.6 Å². The van der Waals surface area contributed by atoms with Gasteiger partial charge in [-0.3, -0.25) is 0 Å². The van der Waals surface area contributed by atoms with Gasteiger partial charge in [-0.25, -0.2) is 0 Å². The van der Waals surface area contributed by atoms with Crippen molar-refractivity contribution in [2.75, 3.05) is 0 Å². The molecule has 0 fully saturated rings. The highest BCUT2D eigenvalue weighted by atomic mass is 32.2. The normalized spacial score (nSPS) is 15.9. The SMILES string of the molecule is CC(C)NS(=O)(=O)NC(C)(C)C(C)N. The number of rotatable bonds is 5. The van der Waals surface area contributed by atoms with Gasteiger partial charge in [0.1, 0.15) is 0 Å². The lowest BCUT2D eigenvalue weighted by molar-refractivity contribution is 0.383. The summed E-state index contributed by atoms with van der Waals surface area (Å²) < 4.78 is 27.9. The standard InChI is InChI=1S/C8H21N3O2S/c1-6(2)10-14(12,13)11-8(4,5)7(3)9/h6-7,10-11H,9H2,1-5H3. The Labute approximate surface area is 86.6 Å². The first-order valence-corrected chi connectivity index (χ1v) is 6.12. The van der Waals surface area contributed by atoms with Gasteiger partial charge in [0.25, 0.3) is 10.2 Å². The second-order valence-electron chi connectivity index (χ2n) is 4.39. The van der Waals surface area contributed by atoms with Crippen molar-refractivity contribution in [2.24, 2.45) is 5.73 Å². The maximum absolute atomic E-state index is 11.5. The summed E-state index contributed by atoms with van der Waals surface area (Å²) in [4.78, 5) is 0. The Morgan fingerprint density at radius 3 is 1.93 bits per heavy atom. The van der Waals surface area contributed by atoms with E-state index in [1.807, 2.05) is 0 Å². The molecule has 0 aromatic heterocycles. The third-order valence-electron chi connectivity index (χ3n) is 1.93. The zero-order valence-corrected chi connectivity index (χ0v) is 10.3. The molecule has 0 aromatic rings. The second kappa shape index (κ2) is 4.57. The molecular weight excluding hydrogens is 202 g/mol. The summed E-state index contributed by atoms with van der Waals surface area (Å²) in [5.41, 5.74) is 5.00. The van der Waals surface area contributed by atoms with Crippen LogP contribution in [0.3, 0.4) is 0 Å². The monoisotopic (exact) mass is 223 g/mol. The molecule has 0 aromatic carbocycles. The van der Waals surface area contributed by atoms with Crippen molar-refractivity contribution < 1.29 is 8.42 Å². The summed E-state index contributed by atoms with van der Waals surface area (Å²) in [6, 6.07) is -0.386. The van der Waals surface area contributed by atoms with Crippen molar-refractivity contribution in [1.29, 1.82) is 0 Å². The van der Waals surface area contributed by atoms with E-state index in [1.165, 1.54) is 0 Å². The van der Waals surface area contributed by atoms with Crippen LogP contribution < -0.4 is 15.2 Å². The van der Waals surface area contributed by atoms with Gasteiger partial charge in [-0.05, 0) is 34.6 Å². The predicted octanol–water partition coefficient (Wildman–Crippen LogP) is -0.0554. The van der Waals surface area contributed by atoms with Gasteiger partial charge >= 0.3 is 0 Å². The molecule has 14 heavy (non-hydrogen) atoms. The molecule has 0 saturated carbocycles. The molecule has 86 valence electrons. The first-order chi connectivity index (χ1) is 6.07. The summed E-state index contributed by atoms with van der Waals surface area (Å²) in [5, 5.41) is 0. The van der Waals surface area contributed by atoms with Crippen molar-refractivity contribution in [3.05, 3.63) is 0 Å². The number of hydrogen-bond donors (Lipinski definition) is 3. The van der Waals surface area contributed by atoms with Crippen LogP contribution in [0, 0.1) is 0 Å². The molecule has 0 aliphatic carbocycles. The Morgan fingerprint density at radius 2 is 1.64 bits per heavy atom. The molecule has 0 aliphatic heterocycles. The summed E-state index contributed by atoms with van der Waals surface area (Å²) in [6.07, 6.45) is 0. The predicted molar refractivity (Wildman–Crippen MR) is 58.1 cm³/mol. The first kappa shape index (κ1) is 13.8. The molecule has 0 saturated heterocycles. The molecule has 0 radical (unpaired) electrons. The van der Waals surface area contributed by atoms with Crippen LogP contribution in [0.2, 0.25) is 0 Å². The molecule has 0 aliphatic rings. The molecule has 0 amide bonds. The number of nitrogens with two attached hydrogens (primary N) is 1. The average molecular weight is 223 g/mol. The number of hydrogen-bond acceptors (Lipinski definition) is 3. The fourth-order valence-corrected chi connectivity index (χ4v) is 2.34. The minimum absolute atomic E-state index is 0.128. The Kier molecular flexibility index (Phi) is 4.51. The fraction of sp³-hybridized carbons (Fsp3) is 1.00. The van der Waals surface area contributed by atoms with Crippen LogP contribution in [0.4, 0.5) is 0 Å². The summed E-state index contributed by atoms with van der Waals surface area (Å²) in [7, 11) is -3.46. The molecule has 1 unspecified atom stereocenters. The Hall–Kier alpha value is -0.170. The largest absolute Gasteiger partial charge is 0.326 e. The number of nitrogens with one attached hydrogen (secondary N) is 2. The van der Waals surface area contributed by atoms with Crippen LogP contribution in [-0.4, -0.2) is 26.0 Å². The quantitative estimate of drug-likeness (QED) is 0.610. The smallest absolute Gasteiger partial charge is 0.277 e. The van der Waals surface area contributed by atoms with Gasteiger partial charge in [0, 0.05) is 17.6 Å². The highest BCUT2D eigenvalue weighted by Gasteiger charge is 2.28. The van der Waals surface area contributed by atoms with Crippen molar-refractivity contribution in [2.45, 2.75) is 52.2 Å². The Balaban J connectivity index is 4.52. The van der Waals surface area contributed by atoms with Crippen LogP contribution in [0.5, 0.6) is 0 Å². The summed E-state index contributed by atoms with van der Waals surface area (Å²) in [6.45, 7) is 8.78. The molecule has 0 rings (SSSR count). The van der Waals surface area contributed by atoms with E-state index in [-0.39, 0.29) is 12.1 Å². The van der Waals surface area contributed by atoms with Crippen molar-refractivity contribution in [3.63, 3.8) is 0 Å². The lowest BCUT2D eigenvalue weighted by Gasteiger charge is -2.30. The van der Waals surface area contributed by atoms with Gasteiger partial charge < -0.3 is 5.73 Å². The average Bonchev–Trinajstić information content (AvgIpc) is 1.79. The molecule has 6 heteroatoms. The van der Waals surface area contributed by atoms with Crippen LogP contribution >= 0.6 is 0 Å². The maximum Gasteiger partial charge on any atom is 0.277 e. The lowest BCUT2D eigenvalue weighted by atomic mass is 9.99. The second-order valence-corrected chi connectivity index (χ2v) is 5.84. The van der Waals surface area contributed by atoms with Crippen LogP contribution in [0.1, 0.15) is 34.6 Å². The minimum atomic E-state index is -3.46. The van der Waals surface area contributed by atoms with E-state index >= 15 is 0 Å². The van der Waals surface area contributed by atoms with Gasteiger partial charge in [-0.1, -0.05) is 0 Å². The van der Waals surface area contributed by atoms with Gasteiger partial charge in [0.2, 0.25) is 0 Å². The molecule has 5 nitrogen and oxygen atoms in total. The van der Waals surface area contributed by atoms with Gasteiger partial charge in [0.05, 0.1) is 0 Å². The zero-order chi connectivity index (χ0) is 11.6. The lowest BCUT2D eigenvalue weighted by Crippen LogP contribution is -2.57. The van der Waals surface area contributed by atoms with E-state index in [0.717, 1.165) is 0 Å².